The molecule has 7 nitrogen and oxygen atoms in total. The average Bonchev–Trinajstić information content (AvgIpc) is 2.61. The largest absolute Gasteiger partial charge is 0.444 e. The fraction of sp³-hybridized carbons (Fsp3) is 0.900. The summed E-state index contributed by atoms with van der Waals surface area (Å²) in [6, 6.07) is 0. The highest BCUT2D eigenvalue weighted by Crippen LogP contribution is 2.19. The lowest BCUT2D eigenvalue weighted by atomic mass is 9.98. The van der Waals surface area contributed by atoms with Crippen molar-refractivity contribution in [1.29, 1.82) is 0 Å². The number of carbonyl (C=O) groups excluding carboxylic acids is 1. The van der Waals surface area contributed by atoms with Crippen LogP contribution >= 0.6 is 0 Å². The molecule has 0 spiro atoms. The van der Waals surface area contributed by atoms with Crippen molar-refractivity contribution in [3.8, 4) is 0 Å². The molecule has 2 N–H and O–H groups in total. The number of likely N-dealkylation sites (tertiary alicyclic amines) is 1. The molecule has 1 heterocycles. The van der Waals surface area contributed by atoms with Gasteiger partial charge >= 0.3 is 6.09 Å². The van der Waals surface area contributed by atoms with E-state index >= 15 is 0 Å². The van der Waals surface area contributed by atoms with Gasteiger partial charge in [0.2, 0.25) is 0 Å². The number of piperidine rings is 1. The number of aliphatic imine (C=N–C) groups is 1. The standard InChI is InChI=1S/C20H40N4O3/c1-6-21-18(22-12-8-9-14-26-7-2)23-15-17-11-10-13-24(16-17)19(25)27-20(3,4)5/h17H,6-16H2,1-5H3,(H2,21,22,23). The Morgan fingerprint density at radius 2 is 2.00 bits per heavy atom. The molecule has 7 heteroatoms. The van der Waals surface area contributed by atoms with Crippen LogP contribution < -0.4 is 10.6 Å². The van der Waals surface area contributed by atoms with E-state index in [9.17, 15) is 4.79 Å². The molecular weight excluding hydrogens is 344 g/mol. The fourth-order valence-electron chi connectivity index (χ4n) is 2.95. The van der Waals surface area contributed by atoms with Gasteiger partial charge < -0.3 is 25.0 Å². The molecule has 1 amide bonds. The lowest BCUT2D eigenvalue weighted by molar-refractivity contribution is 0.0170. The number of ether oxygens (including phenoxy) is 2. The summed E-state index contributed by atoms with van der Waals surface area (Å²) >= 11 is 0. The highest BCUT2D eigenvalue weighted by atomic mass is 16.6. The van der Waals surface area contributed by atoms with Gasteiger partial charge in [0.05, 0.1) is 0 Å². The van der Waals surface area contributed by atoms with Gasteiger partial charge in [-0.2, -0.15) is 0 Å². The number of amides is 1. The number of unbranched alkanes of at least 4 members (excludes halogenated alkanes) is 1. The Balaban J connectivity index is 2.42. The first-order chi connectivity index (χ1) is 12.9. The van der Waals surface area contributed by atoms with Crippen molar-refractivity contribution in [3.05, 3.63) is 0 Å². The molecule has 1 fully saturated rings. The molecule has 1 rings (SSSR count). The molecule has 1 atom stereocenters. The number of hydrogen-bond donors (Lipinski definition) is 2. The molecular formula is C20H40N4O3. The van der Waals surface area contributed by atoms with Gasteiger partial charge in [0.1, 0.15) is 5.60 Å². The molecule has 27 heavy (non-hydrogen) atoms. The maximum absolute atomic E-state index is 12.3. The third-order valence-electron chi connectivity index (χ3n) is 4.23. The average molecular weight is 385 g/mol. The van der Waals surface area contributed by atoms with Crippen LogP contribution in [-0.4, -0.2) is 68.5 Å². The Labute approximate surface area is 165 Å². The topological polar surface area (TPSA) is 75.2 Å². The monoisotopic (exact) mass is 384 g/mol. The second kappa shape index (κ2) is 12.8. The zero-order valence-corrected chi connectivity index (χ0v) is 18.0. The Kier molecular flexibility index (Phi) is 11.2. The van der Waals surface area contributed by atoms with Crippen LogP contribution in [0, 0.1) is 5.92 Å². The third-order valence-corrected chi connectivity index (χ3v) is 4.23. The molecule has 0 radical (unpaired) electrons. The molecule has 0 bridgehead atoms. The molecule has 1 aliphatic heterocycles. The van der Waals surface area contributed by atoms with E-state index in [4.69, 9.17) is 14.5 Å². The summed E-state index contributed by atoms with van der Waals surface area (Å²) in [6.07, 6.45) is 3.99. The third kappa shape index (κ3) is 11.1. The van der Waals surface area contributed by atoms with Crippen LogP contribution in [0.2, 0.25) is 0 Å². The molecule has 0 aromatic carbocycles. The smallest absolute Gasteiger partial charge is 0.410 e. The summed E-state index contributed by atoms with van der Waals surface area (Å²) in [5, 5.41) is 6.67. The highest BCUT2D eigenvalue weighted by molar-refractivity contribution is 5.79. The molecule has 0 aliphatic carbocycles. The number of nitrogens with one attached hydrogen (secondary N) is 2. The van der Waals surface area contributed by atoms with Gasteiger partial charge in [-0.3, -0.25) is 4.99 Å². The van der Waals surface area contributed by atoms with E-state index in [1.807, 2.05) is 32.6 Å². The predicted octanol–water partition coefficient (Wildman–Crippen LogP) is 3.01. The van der Waals surface area contributed by atoms with Crippen LogP contribution in [0.15, 0.2) is 4.99 Å². The summed E-state index contributed by atoms with van der Waals surface area (Å²) < 4.78 is 10.9. The van der Waals surface area contributed by atoms with E-state index in [1.165, 1.54) is 0 Å². The SMILES string of the molecule is CCNC(=NCC1CCCN(C(=O)OC(C)(C)C)C1)NCCCCOCC. The summed E-state index contributed by atoms with van der Waals surface area (Å²) in [6.45, 7) is 15.3. The summed E-state index contributed by atoms with van der Waals surface area (Å²) in [7, 11) is 0. The van der Waals surface area contributed by atoms with Crippen LogP contribution in [0.25, 0.3) is 0 Å². The maximum atomic E-state index is 12.3. The summed E-state index contributed by atoms with van der Waals surface area (Å²) in [5.74, 6) is 1.22. The van der Waals surface area contributed by atoms with E-state index < -0.39 is 5.60 Å². The van der Waals surface area contributed by atoms with E-state index in [2.05, 4.69) is 17.6 Å². The first-order valence-electron chi connectivity index (χ1n) is 10.4. The fourth-order valence-corrected chi connectivity index (χ4v) is 2.95. The van der Waals surface area contributed by atoms with E-state index in [1.54, 1.807) is 0 Å². The quantitative estimate of drug-likeness (QED) is 0.363. The van der Waals surface area contributed by atoms with Crippen molar-refractivity contribution in [2.75, 3.05) is 45.9 Å². The van der Waals surface area contributed by atoms with Gasteiger partial charge in [-0.25, -0.2) is 4.79 Å². The Bertz CT molecular complexity index is 449. The first-order valence-corrected chi connectivity index (χ1v) is 10.4. The molecule has 1 unspecified atom stereocenters. The normalized spacial score (nSPS) is 18.3. The Morgan fingerprint density at radius 1 is 1.22 bits per heavy atom. The predicted molar refractivity (Wildman–Crippen MR) is 110 cm³/mol. The number of guanidine groups is 1. The molecule has 1 aliphatic rings. The first kappa shape index (κ1) is 23.5. The van der Waals surface area contributed by atoms with Crippen LogP contribution in [-0.2, 0) is 9.47 Å². The van der Waals surface area contributed by atoms with Crippen molar-refractivity contribution in [1.82, 2.24) is 15.5 Å². The second-order valence-electron chi connectivity index (χ2n) is 7.99. The van der Waals surface area contributed by atoms with Crippen LogP contribution in [0.4, 0.5) is 4.79 Å². The van der Waals surface area contributed by atoms with Crippen molar-refractivity contribution >= 4 is 12.1 Å². The van der Waals surface area contributed by atoms with E-state index in [0.29, 0.717) is 19.0 Å². The Morgan fingerprint density at radius 3 is 2.67 bits per heavy atom. The minimum Gasteiger partial charge on any atom is -0.444 e. The molecule has 0 saturated carbocycles. The molecule has 0 aromatic heterocycles. The van der Waals surface area contributed by atoms with Gasteiger partial charge in [-0.15, -0.1) is 0 Å². The summed E-state index contributed by atoms with van der Waals surface area (Å²) in [5.41, 5.74) is -0.452. The number of hydrogen-bond acceptors (Lipinski definition) is 4. The highest BCUT2D eigenvalue weighted by Gasteiger charge is 2.27. The minimum atomic E-state index is -0.452. The van der Waals surface area contributed by atoms with Gasteiger partial charge in [0, 0.05) is 45.9 Å². The second-order valence-corrected chi connectivity index (χ2v) is 7.99. The van der Waals surface area contributed by atoms with Gasteiger partial charge in [0.25, 0.3) is 0 Å². The molecule has 158 valence electrons. The Hall–Kier alpha value is -1.50. The minimum absolute atomic E-state index is 0.212. The lowest BCUT2D eigenvalue weighted by Crippen LogP contribution is -2.44. The van der Waals surface area contributed by atoms with Gasteiger partial charge in [-0.05, 0) is 66.2 Å². The lowest BCUT2D eigenvalue weighted by Gasteiger charge is -2.33. The van der Waals surface area contributed by atoms with Gasteiger partial charge in [0.15, 0.2) is 5.96 Å². The van der Waals surface area contributed by atoms with E-state index in [0.717, 1.165) is 64.5 Å². The van der Waals surface area contributed by atoms with Crippen molar-refractivity contribution in [3.63, 3.8) is 0 Å². The van der Waals surface area contributed by atoms with Gasteiger partial charge in [-0.1, -0.05) is 0 Å². The number of rotatable bonds is 9. The summed E-state index contributed by atoms with van der Waals surface area (Å²) in [4.78, 5) is 18.8. The molecule has 1 saturated heterocycles. The number of carbonyl (C=O) groups is 1. The number of nitrogens with zero attached hydrogens (tertiary/aromatic N) is 2. The van der Waals surface area contributed by atoms with Crippen LogP contribution in [0.5, 0.6) is 0 Å². The van der Waals surface area contributed by atoms with Crippen molar-refractivity contribution in [2.24, 2.45) is 10.9 Å². The zero-order valence-electron chi connectivity index (χ0n) is 18.0. The van der Waals surface area contributed by atoms with Crippen LogP contribution in [0.1, 0.15) is 60.3 Å². The van der Waals surface area contributed by atoms with Crippen molar-refractivity contribution in [2.45, 2.75) is 65.9 Å². The zero-order chi connectivity index (χ0) is 20.1. The van der Waals surface area contributed by atoms with Crippen molar-refractivity contribution < 1.29 is 14.3 Å². The van der Waals surface area contributed by atoms with Crippen LogP contribution in [0.3, 0.4) is 0 Å². The maximum Gasteiger partial charge on any atom is 0.410 e. The molecule has 0 aromatic rings. The van der Waals surface area contributed by atoms with E-state index in [-0.39, 0.29) is 6.09 Å².